The molecule has 0 aliphatic carbocycles. The fourth-order valence-corrected chi connectivity index (χ4v) is 2.00. The summed E-state index contributed by atoms with van der Waals surface area (Å²) in [7, 11) is 0. The van der Waals surface area contributed by atoms with Crippen LogP contribution in [0.4, 0.5) is 5.69 Å². The van der Waals surface area contributed by atoms with Gasteiger partial charge in [-0.15, -0.1) is 0 Å². The van der Waals surface area contributed by atoms with Crippen molar-refractivity contribution in [3.63, 3.8) is 0 Å². The van der Waals surface area contributed by atoms with Crippen LogP contribution in [0.2, 0.25) is 0 Å². The number of para-hydroxylation sites is 1. The van der Waals surface area contributed by atoms with Gasteiger partial charge in [-0.1, -0.05) is 18.2 Å². The summed E-state index contributed by atoms with van der Waals surface area (Å²) in [6.07, 6.45) is 4.88. The molecule has 0 bridgehead atoms. The van der Waals surface area contributed by atoms with Crippen LogP contribution in [0.15, 0.2) is 36.7 Å². The van der Waals surface area contributed by atoms with Gasteiger partial charge in [-0.25, -0.2) is 0 Å². The Labute approximate surface area is 118 Å². The molecular formula is C15H20N4O. The first-order valence-electron chi connectivity index (χ1n) is 6.74. The Morgan fingerprint density at radius 2 is 2.20 bits per heavy atom. The van der Waals surface area contributed by atoms with E-state index in [9.17, 15) is 4.79 Å². The number of carbonyl (C=O) groups excluding carboxylic acids is 1. The van der Waals surface area contributed by atoms with Gasteiger partial charge >= 0.3 is 0 Å². The molecule has 1 aromatic heterocycles. The Kier molecular flexibility index (Phi) is 4.76. The number of nitrogens with two attached hydrogens (primary N) is 1. The van der Waals surface area contributed by atoms with Gasteiger partial charge in [0.05, 0.1) is 12.7 Å². The van der Waals surface area contributed by atoms with Crippen LogP contribution in [0, 0.1) is 6.92 Å². The number of hydrogen-bond donors (Lipinski definition) is 2. The van der Waals surface area contributed by atoms with E-state index in [2.05, 4.69) is 10.4 Å². The molecule has 2 aromatic rings. The van der Waals surface area contributed by atoms with Crippen molar-refractivity contribution < 1.29 is 4.79 Å². The Balaban J connectivity index is 1.69. The molecule has 0 spiro atoms. The van der Waals surface area contributed by atoms with Crippen LogP contribution in [0.3, 0.4) is 0 Å². The first-order valence-corrected chi connectivity index (χ1v) is 6.74. The summed E-state index contributed by atoms with van der Waals surface area (Å²) in [5.74, 6) is 0.0390. The van der Waals surface area contributed by atoms with E-state index in [-0.39, 0.29) is 5.91 Å². The maximum absolute atomic E-state index is 11.7. The number of aryl methyl sites for hydroxylation is 2. The van der Waals surface area contributed by atoms with E-state index >= 15 is 0 Å². The lowest BCUT2D eigenvalue weighted by molar-refractivity contribution is -0.121. The predicted octanol–water partition coefficient (Wildman–Crippen LogP) is 1.52. The Morgan fingerprint density at radius 3 is 2.90 bits per heavy atom. The molecule has 0 aliphatic heterocycles. The molecule has 0 unspecified atom stereocenters. The molecule has 0 atom stereocenters. The molecule has 5 heteroatoms. The molecule has 0 saturated carbocycles. The van der Waals surface area contributed by atoms with E-state index in [0.717, 1.165) is 16.8 Å². The monoisotopic (exact) mass is 272 g/mol. The van der Waals surface area contributed by atoms with Crippen molar-refractivity contribution in [2.75, 3.05) is 12.3 Å². The second-order valence-electron chi connectivity index (χ2n) is 4.83. The average Bonchev–Trinajstić information content (AvgIpc) is 2.83. The minimum atomic E-state index is 0.0390. The third-order valence-corrected chi connectivity index (χ3v) is 3.10. The minimum Gasteiger partial charge on any atom is -0.399 e. The molecule has 3 N–H and O–H groups in total. The molecule has 2 rings (SSSR count). The SMILES string of the molecule is Cc1cnn(CCNC(=O)CCc2ccccc2N)c1. The van der Waals surface area contributed by atoms with Crippen molar-refractivity contribution in [2.45, 2.75) is 26.3 Å². The molecule has 0 radical (unpaired) electrons. The average molecular weight is 272 g/mol. The minimum absolute atomic E-state index is 0.0390. The highest BCUT2D eigenvalue weighted by Crippen LogP contribution is 2.12. The molecular weight excluding hydrogens is 252 g/mol. The molecule has 5 nitrogen and oxygen atoms in total. The van der Waals surface area contributed by atoms with E-state index in [1.165, 1.54) is 0 Å². The smallest absolute Gasteiger partial charge is 0.220 e. The highest BCUT2D eigenvalue weighted by atomic mass is 16.1. The van der Waals surface area contributed by atoms with Gasteiger partial charge in [-0.3, -0.25) is 9.48 Å². The quantitative estimate of drug-likeness (QED) is 0.783. The highest BCUT2D eigenvalue weighted by Gasteiger charge is 2.04. The maximum atomic E-state index is 11.7. The van der Waals surface area contributed by atoms with Crippen LogP contribution < -0.4 is 11.1 Å². The van der Waals surface area contributed by atoms with Gasteiger partial charge in [0.25, 0.3) is 0 Å². The Morgan fingerprint density at radius 1 is 1.40 bits per heavy atom. The number of carbonyl (C=O) groups is 1. The van der Waals surface area contributed by atoms with Gasteiger partial charge in [0.1, 0.15) is 0 Å². The van der Waals surface area contributed by atoms with Gasteiger partial charge in [0.15, 0.2) is 0 Å². The van der Waals surface area contributed by atoms with Gasteiger partial charge in [-0.05, 0) is 30.5 Å². The molecule has 20 heavy (non-hydrogen) atoms. The number of nitrogens with zero attached hydrogens (tertiary/aromatic N) is 2. The van der Waals surface area contributed by atoms with Crippen LogP contribution >= 0.6 is 0 Å². The molecule has 1 heterocycles. The van der Waals surface area contributed by atoms with Crippen LogP contribution in [-0.4, -0.2) is 22.2 Å². The lowest BCUT2D eigenvalue weighted by Crippen LogP contribution is -2.27. The van der Waals surface area contributed by atoms with Crippen LogP contribution in [0.1, 0.15) is 17.5 Å². The van der Waals surface area contributed by atoms with Gasteiger partial charge in [0.2, 0.25) is 5.91 Å². The van der Waals surface area contributed by atoms with Crippen molar-refractivity contribution in [3.05, 3.63) is 47.8 Å². The van der Waals surface area contributed by atoms with E-state index in [1.807, 2.05) is 42.1 Å². The molecule has 1 amide bonds. The predicted molar refractivity (Wildman–Crippen MR) is 79.1 cm³/mol. The number of benzene rings is 1. The highest BCUT2D eigenvalue weighted by molar-refractivity contribution is 5.76. The summed E-state index contributed by atoms with van der Waals surface area (Å²) < 4.78 is 1.82. The lowest BCUT2D eigenvalue weighted by Gasteiger charge is -2.07. The topological polar surface area (TPSA) is 72.9 Å². The zero-order valence-electron chi connectivity index (χ0n) is 11.7. The van der Waals surface area contributed by atoms with Crippen LogP contribution in [0.25, 0.3) is 0 Å². The van der Waals surface area contributed by atoms with E-state index < -0.39 is 0 Å². The molecule has 0 aliphatic rings. The number of hydrogen-bond acceptors (Lipinski definition) is 3. The standard InChI is InChI=1S/C15H20N4O/c1-12-10-18-19(11-12)9-8-17-15(20)7-6-13-4-2-3-5-14(13)16/h2-5,10-11H,6-9,16H2,1H3,(H,17,20). The van der Waals surface area contributed by atoms with Crippen LogP contribution in [-0.2, 0) is 17.8 Å². The van der Waals surface area contributed by atoms with Gasteiger partial charge in [0, 0.05) is 24.8 Å². The maximum Gasteiger partial charge on any atom is 0.220 e. The second kappa shape index (κ2) is 6.75. The van der Waals surface area contributed by atoms with E-state index in [0.29, 0.717) is 25.9 Å². The van der Waals surface area contributed by atoms with E-state index in [1.54, 1.807) is 6.20 Å². The number of amides is 1. The van der Waals surface area contributed by atoms with Gasteiger partial charge in [-0.2, -0.15) is 5.10 Å². The molecule has 0 fully saturated rings. The largest absolute Gasteiger partial charge is 0.399 e. The Bertz CT molecular complexity index is 577. The summed E-state index contributed by atoms with van der Waals surface area (Å²) >= 11 is 0. The third-order valence-electron chi connectivity index (χ3n) is 3.10. The van der Waals surface area contributed by atoms with Gasteiger partial charge < -0.3 is 11.1 Å². The summed E-state index contributed by atoms with van der Waals surface area (Å²) in [5, 5.41) is 7.06. The van der Waals surface area contributed by atoms with Crippen molar-refractivity contribution in [3.8, 4) is 0 Å². The van der Waals surface area contributed by atoms with E-state index in [4.69, 9.17) is 5.73 Å². The Hall–Kier alpha value is -2.30. The summed E-state index contributed by atoms with van der Waals surface area (Å²) in [5.41, 5.74) is 8.72. The lowest BCUT2D eigenvalue weighted by atomic mass is 10.1. The molecule has 0 saturated heterocycles. The van der Waals surface area contributed by atoms with Crippen molar-refractivity contribution in [1.82, 2.24) is 15.1 Å². The van der Waals surface area contributed by atoms with Crippen molar-refractivity contribution in [1.29, 1.82) is 0 Å². The third kappa shape index (κ3) is 4.12. The number of anilines is 1. The zero-order valence-corrected chi connectivity index (χ0v) is 11.7. The number of rotatable bonds is 6. The summed E-state index contributed by atoms with van der Waals surface area (Å²) in [6.45, 7) is 3.27. The number of nitrogens with one attached hydrogen (secondary N) is 1. The fourth-order valence-electron chi connectivity index (χ4n) is 2.00. The number of nitrogen functional groups attached to an aromatic ring is 1. The fraction of sp³-hybridized carbons (Fsp3) is 0.333. The first kappa shape index (κ1) is 14.1. The number of aromatic nitrogens is 2. The molecule has 1 aromatic carbocycles. The van der Waals surface area contributed by atoms with Crippen molar-refractivity contribution >= 4 is 11.6 Å². The summed E-state index contributed by atoms with van der Waals surface area (Å²) in [4.78, 5) is 11.7. The normalized spacial score (nSPS) is 10.4. The first-order chi connectivity index (χ1) is 9.65. The summed E-state index contributed by atoms with van der Waals surface area (Å²) in [6, 6.07) is 7.64. The second-order valence-corrected chi connectivity index (χ2v) is 4.83. The molecule has 106 valence electrons. The van der Waals surface area contributed by atoms with Crippen molar-refractivity contribution in [2.24, 2.45) is 0 Å². The van der Waals surface area contributed by atoms with Crippen LogP contribution in [0.5, 0.6) is 0 Å². The zero-order chi connectivity index (χ0) is 14.4.